The maximum absolute atomic E-state index is 11.1. The summed E-state index contributed by atoms with van der Waals surface area (Å²) in [6.07, 6.45) is 0. The van der Waals surface area contributed by atoms with Crippen molar-refractivity contribution in [1.29, 1.82) is 0 Å². The van der Waals surface area contributed by atoms with Gasteiger partial charge in [-0.05, 0) is 23.8 Å². The first-order valence-electron chi connectivity index (χ1n) is 5.47. The Labute approximate surface area is 125 Å². The molecule has 2 aromatic carbocycles. The first-order chi connectivity index (χ1) is 9.09. The van der Waals surface area contributed by atoms with Crippen molar-refractivity contribution in [1.82, 2.24) is 0 Å². The summed E-state index contributed by atoms with van der Waals surface area (Å²) in [5.74, 6) is -0.392. The fourth-order valence-electron chi connectivity index (χ4n) is 1.61. The lowest BCUT2D eigenvalue weighted by atomic mass is 10.1. The van der Waals surface area contributed by atoms with Crippen LogP contribution in [-0.4, -0.2) is 11.1 Å². The van der Waals surface area contributed by atoms with Crippen molar-refractivity contribution < 1.29 is 9.90 Å². The summed E-state index contributed by atoms with van der Waals surface area (Å²) in [7, 11) is 0. The van der Waals surface area contributed by atoms with E-state index in [1.807, 2.05) is 18.2 Å². The molecule has 0 amide bonds. The van der Waals surface area contributed by atoms with Gasteiger partial charge < -0.3 is 5.11 Å². The summed E-state index contributed by atoms with van der Waals surface area (Å²) >= 11 is 13.5. The number of hydrogen-bond acceptors (Lipinski definition) is 2. The lowest BCUT2D eigenvalue weighted by molar-refractivity contribution is 0.0696. The molecule has 0 fully saturated rings. The van der Waals surface area contributed by atoms with E-state index >= 15 is 0 Å². The first kappa shape index (κ1) is 14.3. The Kier molecular flexibility index (Phi) is 4.75. The van der Waals surface area contributed by atoms with Gasteiger partial charge in [-0.15, -0.1) is 11.8 Å². The molecule has 0 saturated heterocycles. The van der Waals surface area contributed by atoms with Crippen LogP contribution in [0.4, 0.5) is 0 Å². The molecule has 1 N–H and O–H groups in total. The summed E-state index contributed by atoms with van der Waals surface area (Å²) < 4.78 is 0. The number of benzene rings is 2. The molecule has 2 aromatic rings. The highest BCUT2D eigenvalue weighted by molar-refractivity contribution is 7.98. The van der Waals surface area contributed by atoms with Crippen LogP contribution in [0.25, 0.3) is 0 Å². The van der Waals surface area contributed by atoms with Crippen LogP contribution >= 0.6 is 35.0 Å². The van der Waals surface area contributed by atoms with Crippen LogP contribution in [0.15, 0.2) is 47.4 Å². The largest absolute Gasteiger partial charge is 0.478 e. The van der Waals surface area contributed by atoms with Gasteiger partial charge in [0.1, 0.15) is 0 Å². The van der Waals surface area contributed by atoms with Gasteiger partial charge in [0.25, 0.3) is 0 Å². The molecule has 0 aromatic heterocycles. The van der Waals surface area contributed by atoms with Gasteiger partial charge in [-0.2, -0.15) is 0 Å². The van der Waals surface area contributed by atoms with Crippen molar-refractivity contribution in [3.8, 4) is 0 Å². The fourth-order valence-corrected chi connectivity index (χ4v) is 3.10. The van der Waals surface area contributed by atoms with E-state index in [0.717, 1.165) is 10.5 Å². The normalized spacial score (nSPS) is 10.4. The number of hydrogen-bond donors (Lipinski definition) is 1. The third kappa shape index (κ3) is 3.44. The van der Waals surface area contributed by atoms with Crippen LogP contribution in [0.3, 0.4) is 0 Å². The van der Waals surface area contributed by atoms with Gasteiger partial charge in [0.2, 0.25) is 0 Å². The van der Waals surface area contributed by atoms with Crippen molar-refractivity contribution in [2.24, 2.45) is 0 Å². The van der Waals surface area contributed by atoms with Crippen LogP contribution in [0.1, 0.15) is 15.9 Å². The van der Waals surface area contributed by atoms with Gasteiger partial charge in [0.15, 0.2) is 0 Å². The van der Waals surface area contributed by atoms with E-state index in [-0.39, 0.29) is 0 Å². The standard InChI is InChI=1S/C14H10Cl2O2S/c15-11-6-3-7-12(13(11)16)19-8-9-4-1-2-5-10(9)14(17)18/h1-7H,8H2,(H,17,18). The van der Waals surface area contributed by atoms with Gasteiger partial charge >= 0.3 is 5.97 Å². The molecule has 98 valence electrons. The number of carboxylic acids is 1. The van der Waals surface area contributed by atoms with Crippen molar-refractivity contribution in [2.75, 3.05) is 0 Å². The van der Waals surface area contributed by atoms with Crippen molar-refractivity contribution >= 4 is 40.9 Å². The minimum atomic E-state index is -0.923. The average molecular weight is 313 g/mol. The van der Waals surface area contributed by atoms with Crippen LogP contribution in [0, 0.1) is 0 Å². The Morgan fingerprint density at radius 1 is 1.11 bits per heavy atom. The molecule has 5 heteroatoms. The van der Waals surface area contributed by atoms with E-state index < -0.39 is 5.97 Å². The van der Waals surface area contributed by atoms with Crippen molar-refractivity contribution in [3.05, 3.63) is 63.6 Å². The van der Waals surface area contributed by atoms with Crippen LogP contribution in [0.2, 0.25) is 10.0 Å². The molecule has 0 aliphatic rings. The molecule has 19 heavy (non-hydrogen) atoms. The average Bonchev–Trinajstić information content (AvgIpc) is 2.40. The third-order valence-corrected chi connectivity index (χ3v) is 4.58. The maximum Gasteiger partial charge on any atom is 0.335 e. The smallest absolute Gasteiger partial charge is 0.335 e. The zero-order valence-corrected chi connectivity index (χ0v) is 12.1. The Hall–Kier alpha value is -1.16. The van der Waals surface area contributed by atoms with Crippen LogP contribution in [-0.2, 0) is 5.75 Å². The minimum Gasteiger partial charge on any atom is -0.478 e. The number of rotatable bonds is 4. The zero-order valence-electron chi connectivity index (χ0n) is 9.77. The van der Waals surface area contributed by atoms with E-state index in [2.05, 4.69) is 0 Å². The Bertz CT molecular complexity index is 614. The van der Waals surface area contributed by atoms with Crippen molar-refractivity contribution in [3.63, 3.8) is 0 Å². The Balaban J connectivity index is 2.19. The second-order valence-corrected chi connectivity index (χ2v) is 5.61. The van der Waals surface area contributed by atoms with Crippen LogP contribution in [0.5, 0.6) is 0 Å². The van der Waals surface area contributed by atoms with E-state index in [9.17, 15) is 4.79 Å². The summed E-state index contributed by atoms with van der Waals surface area (Å²) in [6.45, 7) is 0. The third-order valence-electron chi connectivity index (χ3n) is 2.55. The predicted octanol–water partition coefficient (Wildman–Crippen LogP) is 4.98. The lowest BCUT2D eigenvalue weighted by Gasteiger charge is -2.07. The lowest BCUT2D eigenvalue weighted by Crippen LogP contribution is -2.00. The molecule has 0 radical (unpaired) electrons. The number of halogens is 2. The molecular weight excluding hydrogens is 303 g/mol. The number of carbonyl (C=O) groups is 1. The Morgan fingerprint density at radius 2 is 1.84 bits per heavy atom. The number of carboxylic acid groups (broad SMARTS) is 1. The molecule has 2 rings (SSSR count). The van der Waals surface area contributed by atoms with Gasteiger partial charge in [-0.1, -0.05) is 47.5 Å². The Morgan fingerprint density at radius 3 is 2.58 bits per heavy atom. The highest BCUT2D eigenvalue weighted by Crippen LogP contribution is 2.34. The summed E-state index contributed by atoms with van der Waals surface area (Å²) in [6, 6.07) is 12.3. The van der Waals surface area contributed by atoms with Gasteiger partial charge in [0.05, 0.1) is 15.6 Å². The van der Waals surface area contributed by atoms with Gasteiger partial charge in [-0.25, -0.2) is 4.79 Å². The molecule has 2 nitrogen and oxygen atoms in total. The molecule has 0 bridgehead atoms. The summed E-state index contributed by atoms with van der Waals surface area (Å²) in [5.41, 5.74) is 1.07. The topological polar surface area (TPSA) is 37.3 Å². The fraction of sp³-hybridized carbons (Fsp3) is 0.0714. The monoisotopic (exact) mass is 312 g/mol. The molecule has 0 saturated carbocycles. The molecule has 0 aliphatic carbocycles. The van der Waals surface area contributed by atoms with Crippen molar-refractivity contribution in [2.45, 2.75) is 10.6 Å². The zero-order chi connectivity index (χ0) is 13.8. The second kappa shape index (κ2) is 6.33. The first-order valence-corrected chi connectivity index (χ1v) is 7.21. The van der Waals surface area contributed by atoms with Crippen LogP contribution < -0.4 is 0 Å². The molecule has 0 unspecified atom stereocenters. The highest BCUT2D eigenvalue weighted by Gasteiger charge is 2.10. The van der Waals surface area contributed by atoms with Gasteiger partial charge in [-0.3, -0.25) is 0 Å². The second-order valence-electron chi connectivity index (χ2n) is 3.80. The molecule has 0 spiro atoms. The van der Waals surface area contributed by atoms with E-state index in [0.29, 0.717) is 21.4 Å². The highest BCUT2D eigenvalue weighted by atomic mass is 35.5. The van der Waals surface area contributed by atoms with E-state index in [4.69, 9.17) is 28.3 Å². The number of thioether (sulfide) groups is 1. The predicted molar refractivity (Wildman–Crippen MR) is 79.4 cm³/mol. The maximum atomic E-state index is 11.1. The van der Waals surface area contributed by atoms with E-state index in [1.54, 1.807) is 24.3 Å². The van der Waals surface area contributed by atoms with E-state index in [1.165, 1.54) is 11.8 Å². The quantitative estimate of drug-likeness (QED) is 0.809. The minimum absolute atomic E-state index is 0.313. The molecule has 0 aliphatic heterocycles. The number of aromatic carboxylic acids is 1. The summed E-state index contributed by atoms with van der Waals surface area (Å²) in [5, 5.41) is 10.1. The SMILES string of the molecule is O=C(O)c1ccccc1CSc1cccc(Cl)c1Cl. The molecule has 0 atom stereocenters. The van der Waals surface area contributed by atoms with Gasteiger partial charge in [0, 0.05) is 10.6 Å². The molecule has 0 heterocycles. The molecular formula is C14H10Cl2O2S. The summed E-state index contributed by atoms with van der Waals surface area (Å²) in [4.78, 5) is 11.9.